The van der Waals surface area contributed by atoms with Crippen molar-refractivity contribution in [3.63, 3.8) is 0 Å². The molecule has 0 aliphatic heterocycles. The van der Waals surface area contributed by atoms with Crippen molar-refractivity contribution in [2.24, 2.45) is 0 Å². The molecule has 0 aliphatic rings. The number of nitrogens with zero attached hydrogens (tertiary/aromatic N) is 4. The van der Waals surface area contributed by atoms with Gasteiger partial charge in [0.2, 0.25) is 0 Å². The van der Waals surface area contributed by atoms with E-state index in [1.807, 2.05) is 69.9 Å². The molecule has 10 aromatic rings. The summed E-state index contributed by atoms with van der Waals surface area (Å²) >= 11 is 0. The van der Waals surface area contributed by atoms with Crippen molar-refractivity contribution in [1.29, 1.82) is 0 Å². The van der Waals surface area contributed by atoms with Crippen LogP contribution < -0.4 is 9.30 Å². The van der Waals surface area contributed by atoms with E-state index in [0.717, 1.165) is 55.3 Å². The normalized spacial score (nSPS) is 13.3. The third kappa shape index (κ3) is 8.31. The van der Waals surface area contributed by atoms with E-state index >= 15 is 0 Å². The number of hydrogen-bond acceptors (Lipinski definition) is 2. The fraction of sp³-hybridized carbons (Fsp3) is 0.200. The maximum atomic E-state index is 9.09. The SMILES string of the molecule is [2H]c1c([2H])c([2H])c(-c2cccc(C(C)(C)C)c2-[n+]2[c-]n(-c3[c-]c(Oc4[c-]c5c(cc4)c4ccccc4n5-c4cc(C(C)(C)C)ccn4)ccc3)c3cc(-c4ccc(C(C)(C)C)cc4)ccc32)c([2H])c1[2H].[Pt]. The quantitative estimate of drug-likeness (QED) is 0.118. The molecule has 0 amide bonds. The predicted octanol–water partition coefficient (Wildman–Crippen LogP) is 14.8. The topological polar surface area (TPSA) is 35.9 Å². The van der Waals surface area contributed by atoms with Gasteiger partial charge in [-0.3, -0.25) is 4.57 Å². The summed E-state index contributed by atoms with van der Waals surface area (Å²) in [4.78, 5) is 4.85. The minimum absolute atomic E-state index is 0. The Hall–Kier alpha value is -6.55. The summed E-state index contributed by atoms with van der Waals surface area (Å²) in [5, 5.41) is 2.12. The first-order chi connectivity index (χ1) is 33.2. The number of imidazole rings is 1. The molecule has 0 radical (unpaired) electrons. The standard InChI is InChI=1S/C60H54N4O.Pt/c1-58(2,3)43-28-25-40(26-29-43)42-27-32-53-55(35-42)62(39-63(53)57-48(41-17-11-10-12-18-41)22-16-23-51(57)60(7,8)9)45-19-15-20-46(37-45)65-47-30-31-50-49-21-13-14-24-52(49)64(54(50)38-47)56-36-44(33-34-61-56)59(4,5)6;/h10-36H,1-9H3;/q-2;/i10D,11D,12D,17D,18D;. The Morgan fingerprint density at radius 3 is 2.05 bits per heavy atom. The zero-order valence-corrected chi connectivity index (χ0v) is 41.0. The van der Waals surface area contributed by atoms with Crippen LogP contribution in [0.3, 0.4) is 0 Å². The van der Waals surface area contributed by atoms with E-state index in [9.17, 15) is 0 Å². The van der Waals surface area contributed by atoms with Crippen molar-refractivity contribution in [1.82, 2.24) is 14.1 Å². The number of benzene rings is 7. The summed E-state index contributed by atoms with van der Waals surface area (Å²) in [5.74, 6) is 1.78. The molecule has 0 saturated heterocycles. The van der Waals surface area contributed by atoms with Crippen LogP contribution in [-0.2, 0) is 37.3 Å². The third-order valence-electron chi connectivity index (χ3n) is 12.2. The van der Waals surface area contributed by atoms with Crippen molar-refractivity contribution in [3.05, 3.63) is 199 Å². The predicted molar refractivity (Wildman–Crippen MR) is 267 cm³/mol. The smallest absolute Gasteiger partial charge is 0.268 e. The number of ether oxygens (including phenoxy) is 1. The second-order valence-electron chi connectivity index (χ2n) is 19.8. The number of para-hydroxylation sites is 2. The Balaban J connectivity index is 0.00000624. The molecule has 66 heavy (non-hydrogen) atoms. The van der Waals surface area contributed by atoms with Gasteiger partial charge in [0, 0.05) is 44.3 Å². The van der Waals surface area contributed by atoms with Gasteiger partial charge < -0.3 is 13.9 Å². The van der Waals surface area contributed by atoms with Crippen molar-refractivity contribution in [2.45, 2.75) is 78.6 Å². The van der Waals surface area contributed by atoms with Gasteiger partial charge in [-0.25, -0.2) is 4.98 Å². The molecule has 10 rings (SSSR count). The van der Waals surface area contributed by atoms with E-state index in [-0.39, 0.29) is 49.5 Å². The zero-order chi connectivity index (χ0) is 49.6. The van der Waals surface area contributed by atoms with Crippen LogP contribution in [0.5, 0.6) is 11.5 Å². The Bertz CT molecular complexity index is 3680. The third-order valence-corrected chi connectivity index (χ3v) is 12.2. The second-order valence-corrected chi connectivity index (χ2v) is 19.8. The van der Waals surface area contributed by atoms with Crippen molar-refractivity contribution >= 4 is 32.8 Å². The van der Waals surface area contributed by atoms with Crippen LogP contribution in [0.2, 0.25) is 0 Å². The van der Waals surface area contributed by atoms with E-state index in [2.05, 4.69) is 158 Å². The van der Waals surface area contributed by atoms with Gasteiger partial charge in [-0.2, -0.15) is 18.2 Å². The van der Waals surface area contributed by atoms with Gasteiger partial charge in [0.05, 0.1) is 23.6 Å². The van der Waals surface area contributed by atoms with Gasteiger partial charge in [0.25, 0.3) is 6.33 Å². The molecule has 0 aliphatic carbocycles. The summed E-state index contributed by atoms with van der Waals surface area (Å²) in [6, 6.07) is 48.4. The molecule has 0 fully saturated rings. The summed E-state index contributed by atoms with van der Waals surface area (Å²) in [6.07, 6.45) is 5.55. The fourth-order valence-electron chi connectivity index (χ4n) is 8.70. The monoisotopic (exact) mass is 1050 g/mol. The van der Waals surface area contributed by atoms with Crippen molar-refractivity contribution < 1.29 is 37.2 Å². The largest absolute Gasteiger partial charge is 0.510 e. The van der Waals surface area contributed by atoms with Crippen LogP contribution in [0.4, 0.5) is 0 Å². The zero-order valence-electron chi connectivity index (χ0n) is 43.7. The maximum Gasteiger partial charge on any atom is 0.268 e. The van der Waals surface area contributed by atoms with Crippen LogP contribution in [0.25, 0.3) is 72.3 Å². The molecular weight excluding hydrogens is 988 g/mol. The van der Waals surface area contributed by atoms with Crippen molar-refractivity contribution in [3.8, 4) is 50.9 Å². The van der Waals surface area contributed by atoms with Crippen LogP contribution in [-0.4, -0.2) is 14.1 Å². The molecule has 332 valence electrons. The van der Waals surface area contributed by atoms with Gasteiger partial charge >= 0.3 is 0 Å². The van der Waals surface area contributed by atoms with Gasteiger partial charge in [-0.15, -0.1) is 29.7 Å². The van der Waals surface area contributed by atoms with Crippen molar-refractivity contribution in [2.75, 3.05) is 0 Å². The number of pyridine rings is 1. The first kappa shape index (κ1) is 38.7. The fourth-order valence-corrected chi connectivity index (χ4v) is 8.70. The van der Waals surface area contributed by atoms with E-state index < -0.39 is 23.5 Å². The van der Waals surface area contributed by atoms with E-state index in [1.165, 1.54) is 11.1 Å². The minimum atomic E-state index is -0.438. The molecule has 0 atom stereocenters. The molecule has 0 saturated carbocycles. The van der Waals surface area contributed by atoms with Crippen LogP contribution >= 0.6 is 0 Å². The number of hydrogen-bond donors (Lipinski definition) is 0. The minimum Gasteiger partial charge on any atom is -0.510 e. The summed E-state index contributed by atoms with van der Waals surface area (Å²) in [7, 11) is 0. The average molecular weight is 1050 g/mol. The van der Waals surface area contributed by atoms with Crippen LogP contribution in [0, 0.1) is 18.5 Å². The summed E-state index contributed by atoms with van der Waals surface area (Å²) < 4.78 is 56.6. The Morgan fingerprint density at radius 2 is 1.30 bits per heavy atom. The summed E-state index contributed by atoms with van der Waals surface area (Å²) in [6.45, 7) is 19.6. The maximum absolute atomic E-state index is 9.09. The van der Waals surface area contributed by atoms with Gasteiger partial charge in [0.15, 0.2) is 0 Å². The molecule has 3 aromatic heterocycles. The molecular formula is C60H54N4OPt-2. The Kier molecular flexibility index (Phi) is 9.98. The molecule has 7 aromatic carbocycles. The molecule has 0 N–H and O–H groups in total. The first-order valence-corrected chi connectivity index (χ1v) is 22.1. The van der Waals surface area contributed by atoms with E-state index in [1.54, 1.807) is 0 Å². The number of aromatic nitrogens is 4. The van der Waals surface area contributed by atoms with Gasteiger partial charge in [-0.1, -0.05) is 171 Å². The second kappa shape index (κ2) is 17.0. The van der Waals surface area contributed by atoms with Gasteiger partial charge in [-0.05, 0) is 90.5 Å². The molecule has 3 heterocycles. The molecule has 0 bridgehead atoms. The number of rotatable bonds is 7. The van der Waals surface area contributed by atoms with Gasteiger partial charge in [0.1, 0.15) is 5.82 Å². The molecule has 0 unspecified atom stereocenters. The average Bonchev–Trinajstić information content (AvgIpc) is 3.87. The first-order valence-electron chi connectivity index (χ1n) is 24.6. The van der Waals surface area contributed by atoms with Crippen LogP contribution in [0.1, 0.15) is 85.9 Å². The van der Waals surface area contributed by atoms with E-state index in [4.69, 9.17) is 16.6 Å². The number of fused-ring (bicyclic) bond motifs is 4. The van der Waals surface area contributed by atoms with E-state index in [0.29, 0.717) is 28.4 Å². The molecule has 5 nitrogen and oxygen atoms in total. The molecule has 0 spiro atoms. The molecule has 6 heteroatoms. The Morgan fingerprint density at radius 1 is 0.591 bits per heavy atom. The van der Waals surface area contributed by atoms with Crippen LogP contribution in [0.15, 0.2) is 164 Å². The Labute approximate surface area is 410 Å². The summed E-state index contributed by atoms with van der Waals surface area (Å²) in [5.41, 5.74) is 10.2.